The van der Waals surface area contributed by atoms with Crippen LogP contribution in [0.2, 0.25) is 26.2 Å². The summed E-state index contributed by atoms with van der Waals surface area (Å²) < 4.78 is 4.99. The number of rotatable bonds is 8. The summed E-state index contributed by atoms with van der Waals surface area (Å²) in [6, 6.07) is 40.1. The van der Waals surface area contributed by atoms with Gasteiger partial charge in [-0.05, 0) is 92.5 Å². The van der Waals surface area contributed by atoms with Crippen molar-refractivity contribution in [2.45, 2.75) is 32.6 Å². The maximum atomic E-state index is 2.50. The quantitative estimate of drug-likeness (QED) is 0.262. The molecule has 4 aromatic rings. The van der Waals surface area contributed by atoms with Gasteiger partial charge in [-0.1, -0.05) is 84.9 Å². The Morgan fingerprint density at radius 2 is 0.771 bits per heavy atom. The Morgan fingerprint density at radius 1 is 0.457 bits per heavy atom. The summed E-state index contributed by atoms with van der Waals surface area (Å²) in [6.45, 7) is 9.65. The van der Waals surface area contributed by atoms with E-state index in [1.54, 1.807) is 0 Å². The van der Waals surface area contributed by atoms with Gasteiger partial charge in [-0.2, -0.15) is 0 Å². The molecule has 0 radical (unpaired) electrons. The average molecular weight is 495 g/mol. The standard InChI is InChI=1S/C31H38N2Si2/c1-32(34(3,4)30-13-9-7-10-14-30)28-21-17-26(18-22-28)25-27-19-23-29(24-20-27)33(2)35(5,6)31-15-11-8-12-16-31/h7-24H,25H2,1-6H3. The van der Waals surface area contributed by atoms with Gasteiger partial charge in [0.2, 0.25) is 0 Å². The highest BCUT2D eigenvalue weighted by molar-refractivity contribution is 6.93. The molecular formula is C31H38N2Si2. The molecule has 180 valence electrons. The van der Waals surface area contributed by atoms with Crippen LogP contribution in [0.1, 0.15) is 11.1 Å². The van der Waals surface area contributed by atoms with Gasteiger partial charge in [0.1, 0.15) is 0 Å². The van der Waals surface area contributed by atoms with Crippen molar-refractivity contribution in [2.75, 3.05) is 23.2 Å². The first-order valence-corrected chi connectivity index (χ1v) is 18.4. The first-order valence-electron chi connectivity index (χ1n) is 12.5. The maximum absolute atomic E-state index is 2.50. The minimum atomic E-state index is -1.74. The maximum Gasteiger partial charge on any atom is 0.181 e. The third kappa shape index (κ3) is 5.44. The van der Waals surface area contributed by atoms with Crippen molar-refractivity contribution in [1.82, 2.24) is 0 Å². The van der Waals surface area contributed by atoms with Crippen LogP contribution in [-0.4, -0.2) is 30.6 Å². The predicted molar refractivity (Wildman–Crippen MR) is 160 cm³/mol. The number of hydrogen-bond donors (Lipinski definition) is 0. The molecule has 4 rings (SSSR count). The molecule has 0 heterocycles. The lowest BCUT2D eigenvalue weighted by Crippen LogP contribution is -2.56. The van der Waals surface area contributed by atoms with E-state index in [1.165, 1.54) is 32.9 Å². The van der Waals surface area contributed by atoms with E-state index < -0.39 is 16.5 Å². The van der Waals surface area contributed by atoms with E-state index in [1.807, 2.05) is 0 Å². The van der Waals surface area contributed by atoms with Gasteiger partial charge in [-0.25, -0.2) is 0 Å². The Hall–Kier alpha value is -3.09. The summed E-state index contributed by atoms with van der Waals surface area (Å²) in [6.07, 6.45) is 0.951. The molecule has 0 aliphatic heterocycles. The first-order chi connectivity index (χ1) is 16.7. The summed E-state index contributed by atoms with van der Waals surface area (Å²) in [5.74, 6) is 0. The molecule has 35 heavy (non-hydrogen) atoms. The van der Waals surface area contributed by atoms with E-state index in [-0.39, 0.29) is 0 Å². The number of hydrogen-bond acceptors (Lipinski definition) is 2. The summed E-state index contributed by atoms with van der Waals surface area (Å²) in [5.41, 5.74) is 5.28. The molecule has 4 heteroatoms. The SMILES string of the molecule is CN(c1ccc(Cc2ccc(N(C)[Si](C)(C)c3ccccc3)cc2)cc1)[Si](C)(C)c1ccccc1. The first kappa shape index (κ1) is 25.0. The van der Waals surface area contributed by atoms with Crippen LogP contribution in [0.3, 0.4) is 0 Å². The van der Waals surface area contributed by atoms with Crippen LogP contribution in [0, 0.1) is 0 Å². The fourth-order valence-electron chi connectivity index (χ4n) is 4.64. The van der Waals surface area contributed by atoms with E-state index in [9.17, 15) is 0 Å². The zero-order valence-corrected chi connectivity index (χ0v) is 24.0. The third-order valence-electron chi connectivity index (χ3n) is 7.69. The van der Waals surface area contributed by atoms with Gasteiger partial charge in [0.15, 0.2) is 16.5 Å². The lowest BCUT2D eigenvalue weighted by molar-refractivity contribution is 1.17. The second-order valence-corrected chi connectivity index (χ2v) is 19.2. The zero-order chi connectivity index (χ0) is 25.1. The van der Waals surface area contributed by atoms with E-state index >= 15 is 0 Å². The molecular weight excluding hydrogens is 457 g/mol. The van der Waals surface area contributed by atoms with Crippen LogP contribution in [0.15, 0.2) is 109 Å². The summed E-state index contributed by atoms with van der Waals surface area (Å²) in [5, 5.41) is 2.91. The fraction of sp³-hybridized carbons (Fsp3) is 0.226. The minimum Gasteiger partial charge on any atom is -0.396 e. The van der Waals surface area contributed by atoms with Gasteiger partial charge < -0.3 is 9.13 Å². The molecule has 2 nitrogen and oxygen atoms in total. The molecule has 0 amide bonds. The molecule has 4 aromatic carbocycles. The highest BCUT2D eigenvalue weighted by atomic mass is 28.3. The molecule has 0 unspecified atom stereocenters. The molecule has 0 atom stereocenters. The van der Waals surface area contributed by atoms with E-state index in [0.29, 0.717) is 0 Å². The van der Waals surface area contributed by atoms with Gasteiger partial charge in [0.25, 0.3) is 0 Å². The van der Waals surface area contributed by atoms with Crippen LogP contribution in [-0.2, 0) is 6.42 Å². The Bertz CT molecular complexity index is 1120. The van der Waals surface area contributed by atoms with E-state index in [4.69, 9.17) is 0 Å². The monoisotopic (exact) mass is 494 g/mol. The molecule has 0 aromatic heterocycles. The van der Waals surface area contributed by atoms with Crippen LogP contribution in [0.5, 0.6) is 0 Å². The Balaban J connectivity index is 1.44. The molecule has 0 bridgehead atoms. The molecule has 0 aliphatic rings. The van der Waals surface area contributed by atoms with Crippen LogP contribution in [0.25, 0.3) is 0 Å². The lowest BCUT2D eigenvalue weighted by Gasteiger charge is -2.36. The zero-order valence-electron chi connectivity index (χ0n) is 22.0. The lowest BCUT2D eigenvalue weighted by atomic mass is 10.0. The van der Waals surface area contributed by atoms with Crippen molar-refractivity contribution in [2.24, 2.45) is 0 Å². The average Bonchev–Trinajstić information content (AvgIpc) is 2.89. The highest BCUT2D eigenvalue weighted by Gasteiger charge is 2.30. The summed E-state index contributed by atoms with van der Waals surface area (Å²) in [7, 11) is 0.999. The Morgan fingerprint density at radius 3 is 1.09 bits per heavy atom. The van der Waals surface area contributed by atoms with Crippen LogP contribution >= 0.6 is 0 Å². The number of anilines is 2. The van der Waals surface area contributed by atoms with Crippen LogP contribution in [0.4, 0.5) is 11.4 Å². The normalized spacial score (nSPS) is 11.8. The van der Waals surface area contributed by atoms with Crippen molar-refractivity contribution in [3.05, 3.63) is 120 Å². The minimum absolute atomic E-state index is 0.951. The van der Waals surface area contributed by atoms with Crippen molar-refractivity contribution in [3.8, 4) is 0 Å². The van der Waals surface area contributed by atoms with Gasteiger partial charge in [-0.3, -0.25) is 0 Å². The molecule has 0 saturated heterocycles. The highest BCUT2D eigenvalue weighted by Crippen LogP contribution is 2.24. The number of benzene rings is 4. The fourth-order valence-corrected chi connectivity index (χ4v) is 9.02. The topological polar surface area (TPSA) is 6.48 Å². The smallest absolute Gasteiger partial charge is 0.181 e. The second kappa shape index (κ2) is 10.3. The third-order valence-corrected chi connectivity index (χ3v) is 15.1. The largest absolute Gasteiger partial charge is 0.396 e. The molecule has 0 saturated carbocycles. The summed E-state index contributed by atoms with van der Waals surface area (Å²) >= 11 is 0. The second-order valence-electron chi connectivity index (χ2n) is 10.5. The Labute approximate surface area is 214 Å². The van der Waals surface area contributed by atoms with Gasteiger partial charge in [0, 0.05) is 11.4 Å². The Kier molecular flexibility index (Phi) is 7.34. The predicted octanol–water partition coefficient (Wildman–Crippen LogP) is 6.37. The van der Waals surface area contributed by atoms with Crippen LogP contribution < -0.4 is 19.5 Å². The van der Waals surface area contributed by atoms with Crippen molar-refractivity contribution >= 4 is 38.2 Å². The summed E-state index contributed by atoms with van der Waals surface area (Å²) in [4.78, 5) is 0. The van der Waals surface area contributed by atoms with E-state index in [0.717, 1.165) is 6.42 Å². The molecule has 0 aliphatic carbocycles. The van der Waals surface area contributed by atoms with Gasteiger partial charge in [-0.15, -0.1) is 0 Å². The molecule has 0 fully saturated rings. The van der Waals surface area contributed by atoms with Gasteiger partial charge >= 0.3 is 0 Å². The number of nitrogens with zero attached hydrogens (tertiary/aromatic N) is 2. The van der Waals surface area contributed by atoms with Crippen molar-refractivity contribution in [1.29, 1.82) is 0 Å². The molecule has 0 spiro atoms. The van der Waals surface area contributed by atoms with Gasteiger partial charge in [0.05, 0.1) is 0 Å². The van der Waals surface area contributed by atoms with Crippen molar-refractivity contribution in [3.63, 3.8) is 0 Å². The van der Waals surface area contributed by atoms with E-state index in [2.05, 4.69) is 159 Å². The van der Waals surface area contributed by atoms with Crippen molar-refractivity contribution < 1.29 is 0 Å². The molecule has 0 N–H and O–H groups in total.